The number of fused-ring (bicyclic) bond motifs is 1. The summed E-state index contributed by atoms with van der Waals surface area (Å²) in [6.07, 6.45) is 1.18. The Morgan fingerprint density at radius 3 is 2.46 bits per heavy atom. The van der Waals surface area contributed by atoms with Gasteiger partial charge < -0.3 is 14.9 Å². The molecule has 24 heavy (non-hydrogen) atoms. The third kappa shape index (κ3) is 2.53. The summed E-state index contributed by atoms with van der Waals surface area (Å²) in [6.45, 7) is 0. The Kier molecular flexibility index (Phi) is 3.82. The molecule has 1 aliphatic rings. The zero-order valence-electron chi connectivity index (χ0n) is 11.6. The van der Waals surface area contributed by atoms with Gasteiger partial charge in [-0.3, -0.25) is 14.9 Å². The minimum atomic E-state index is -0.866. The number of nitro groups is 1. The summed E-state index contributed by atoms with van der Waals surface area (Å²) in [4.78, 5) is 22.4. The zero-order valence-corrected chi connectivity index (χ0v) is 13.1. The van der Waals surface area contributed by atoms with E-state index >= 15 is 0 Å². The van der Waals surface area contributed by atoms with Gasteiger partial charge in [-0.1, -0.05) is 23.2 Å². The molecule has 7 nitrogen and oxygen atoms in total. The molecule has 0 amide bonds. The van der Waals surface area contributed by atoms with Crippen LogP contribution in [0.15, 0.2) is 30.0 Å². The number of phenolic OH excluding ortho intramolecular Hbond substituents is 2. The van der Waals surface area contributed by atoms with Crippen LogP contribution in [0.25, 0.3) is 6.08 Å². The summed E-state index contributed by atoms with van der Waals surface area (Å²) < 4.78 is 5.39. The second-order valence-corrected chi connectivity index (χ2v) is 5.65. The van der Waals surface area contributed by atoms with Crippen LogP contribution >= 0.6 is 23.2 Å². The fraction of sp³-hybridized carbons (Fsp3) is 0. The molecule has 2 aromatic rings. The molecule has 9 heteroatoms. The molecule has 0 fully saturated rings. The van der Waals surface area contributed by atoms with Gasteiger partial charge in [0.25, 0.3) is 0 Å². The summed E-state index contributed by atoms with van der Waals surface area (Å²) in [7, 11) is 0. The van der Waals surface area contributed by atoms with Gasteiger partial charge in [0.05, 0.1) is 20.5 Å². The molecule has 0 unspecified atom stereocenters. The Bertz CT molecular complexity index is 938. The lowest BCUT2D eigenvalue weighted by Crippen LogP contribution is -1.99. The number of ether oxygens (including phenoxy) is 1. The van der Waals surface area contributed by atoms with Crippen molar-refractivity contribution in [2.75, 3.05) is 0 Å². The lowest BCUT2D eigenvalue weighted by Gasteiger charge is -2.03. The van der Waals surface area contributed by atoms with E-state index in [2.05, 4.69) is 0 Å². The van der Waals surface area contributed by atoms with Crippen molar-refractivity contribution < 1.29 is 24.7 Å². The highest BCUT2D eigenvalue weighted by Gasteiger charge is 2.32. The summed E-state index contributed by atoms with van der Waals surface area (Å²) in [5.74, 6) is -2.18. The minimum absolute atomic E-state index is 0.0837. The number of Topliss-reactive ketones (excluding diaryl/α,β-unsaturated/α-hetero) is 1. The van der Waals surface area contributed by atoms with Crippen LogP contribution in [0.5, 0.6) is 17.2 Å². The van der Waals surface area contributed by atoms with Gasteiger partial charge in [-0.15, -0.1) is 0 Å². The highest BCUT2D eigenvalue weighted by Crippen LogP contribution is 2.42. The van der Waals surface area contributed by atoms with E-state index in [-0.39, 0.29) is 32.7 Å². The predicted octanol–water partition coefficient (Wildman–Crippen LogP) is 3.93. The van der Waals surface area contributed by atoms with E-state index < -0.39 is 27.9 Å². The number of hydrogen-bond acceptors (Lipinski definition) is 6. The Morgan fingerprint density at radius 2 is 1.83 bits per heavy atom. The van der Waals surface area contributed by atoms with E-state index in [9.17, 15) is 25.1 Å². The van der Waals surface area contributed by atoms with E-state index in [1.807, 2.05) is 0 Å². The second-order valence-electron chi connectivity index (χ2n) is 4.84. The van der Waals surface area contributed by atoms with E-state index in [0.717, 1.165) is 12.1 Å². The third-order valence-electron chi connectivity index (χ3n) is 3.31. The quantitative estimate of drug-likeness (QED) is 0.360. The number of nitrogens with zero attached hydrogens (tertiary/aromatic N) is 1. The van der Waals surface area contributed by atoms with Crippen molar-refractivity contribution in [1.82, 2.24) is 0 Å². The molecule has 0 saturated carbocycles. The summed E-state index contributed by atoms with van der Waals surface area (Å²) in [5.41, 5.74) is -0.533. The van der Waals surface area contributed by atoms with Gasteiger partial charge in [0, 0.05) is 6.07 Å². The maximum absolute atomic E-state index is 12.4. The van der Waals surface area contributed by atoms with Gasteiger partial charge in [-0.2, -0.15) is 0 Å². The Morgan fingerprint density at radius 1 is 1.17 bits per heavy atom. The molecule has 0 aliphatic carbocycles. The maximum atomic E-state index is 12.4. The van der Waals surface area contributed by atoms with Crippen molar-refractivity contribution in [2.24, 2.45) is 0 Å². The monoisotopic (exact) mass is 367 g/mol. The number of halogens is 2. The number of carbonyl (C=O) groups is 1. The van der Waals surface area contributed by atoms with Gasteiger partial charge >= 0.3 is 5.69 Å². The minimum Gasteiger partial charge on any atom is -0.504 e. The number of rotatable bonds is 2. The lowest BCUT2D eigenvalue weighted by molar-refractivity contribution is -0.386. The van der Waals surface area contributed by atoms with Crippen LogP contribution < -0.4 is 4.74 Å². The molecule has 1 heterocycles. The summed E-state index contributed by atoms with van der Waals surface area (Å²) in [5, 5.41) is 30.3. The molecule has 0 saturated heterocycles. The normalized spacial score (nSPS) is 14.6. The fourth-order valence-electron chi connectivity index (χ4n) is 2.22. The molecular formula is C15H7Cl2NO6. The van der Waals surface area contributed by atoms with E-state index in [0.29, 0.717) is 0 Å². The fourth-order valence-corrected chi connectivity index (χ4v) is 2.65. The highest BCUT2D eigenvalue weighted by molar-refractivity contribution is 6.39. The number of hydrogen-bond donors (Lipinski definition) is 2. The average molecular weight is 368 g/mol. The van der Waals surface area contributed by atoms with Crippen molar-refractivity contribution in [3.05, 3.63) is 61.3 Å². The van der Waals surface area contributed by atoms with Crippen LogP contribution in [-0.4, -0.2) is 20.9 Å². The number of allylic oxidation sites excluding steroid dienone is 1. The third-order valence-corrected chi connectivity index (χ3v) is 3.92. The van der Waals surface area contributed by atoms with Crippen LogP contribution in [0.2, 0.25) is 10.0 Å². The molecule has 0 spiro atoms. The first-order chi connectivity index (χ1) is 11.3. The van der Waals surface area contributed by atoms with Crippen molar-refractivity contribution >= 4 is 40.7 Å². The van der Waals surface area contributed by atoms with Crippen molar-refractivity contribution in [1.29, 1.82) is 0 Å². The number of carbonyl (C=O) groups excluding carboxylic acids is 1. The Labute approximate surface area is 144 Å². The maximum Gasteiger partial charge on any atom is 0.315 e. The largest absolute Gasteiger partial charge is 0.504 e. The first-order valence-electron chi connectivity index (χ1n) is 6.42. The number of aromatic hydroxyl groups is 2. The molecule has 0 radical (unpaired) electrons. The van der Waals surface area contributed by atoms with Gasteiger partial charge in [-0.25, -0.2) is 0 Å². The van der Waals surface area contributed by atoms with Crippen LogP contribution in [0, 0.1) is 10.1 Å². The molecule has 122 valence electrons. The van der Waals surface area contributed by atoms with Gasteiger partial charge in [0.15, 0.2) is 17.3 Å². The Balaban J connectivity index is 2.09. The van der Waals surface area contributed by atoms with Crippen LogP contribution in [0.1, 0.15) is 15.9 Å². The van der Waals surface area contributed by atoms with Crippen LogP contribution in [0.3, 0.4) is 0 Å². The van der Waals surface area contributed by atoms with E-state index in [4.69, 9.17) is 27.9 Å². The van der Waals surface area contributed by atoms with E-state index in [1.165, 1.54) is 18.2 Å². The number of nitro benzene ring substituents is 1. The first-order valence-corrected chi connectivity index (χ1v) is 7.17. The predicted molar refractivity (Wildman–Crippen MR) is 85.8 cm³/mol. The summed E-state index contributed by atoms with van der Waals surface area (Å²) >= 11 is 11.9. The topological polar surface area (TPSA) is 110 Å². The zero-order chi connectivity index (χ0) is 17.6. The van der Waals surface area contributed by atoms with Crippen molar-refractivity contribution in [2.45, 2.75) is 0 Å². The highest BCUT2D eigenvalue weighted by atomic mass is 35.5. The van der Waals surface area contributed by atoms with Crippen molar-refractivity contribution in [3.8, 4) is 17.2 Å². The lowest BCUT2D eigenvalue weighted by atomic mass is 10.1. The van der Waals surface area contributed by atoms with Gasteiger partial charge in [0.1, 0.15) is 0 Å². The van der Waals surface area contributed by atoms with E-state index in [1.54, 1.807) is 0 Å². The van der Waals surface area contributed by atoms with Gasteiger partial charge in [0.2, 0.25) is 11.5 Å². The molecular weight excluding hydrogens is 361 g/mol. The van der Waals surface area contributed by atoms with Gasteiger partial charge in [-0.05, 0) is 29.8 Å². The molecule has 0 aromatic heterocycles. The van der Waals surface area contributed by atoms with Crippen LogP contribution in [-0.2, 0) is 0 Å². The van der Waals surface area contributed by atoms with Crippen molar-refractivity contribution in [3.63, 3.8) is 0 Å². The molecule has 2 N–H and O–H groups in total. The summed E-state index contributed by atoms with van der Waals surface area (Å²) in [6, 6.07) is 4.96. The Hall–Kier alpha value is -2.77. The number of phenols is 2. The SMILES string of the molecule is O=C1/C(=C/c2cc(O)c(O)c([N+](=O)[O-])c2)Oc2c(Cl)ccc(Cl)c21. The number of benzene rings is 2. The standard InChI is InChI=1S/C15H7Cl2NO6/c16-7-1-2-8(17)15-12(7)14(21)11(24-15)5-6-3-9(18(22)23)13(20)10(19)4-6/h1-5,19-20H/b11-5-. The molecule has 2 aromatic carbocycles. The molecule has 0 bridgehead atoms. The van der Waals surface area contributed by atoms with Crippen LogP contribution in [0.4, 0.5) is 5.69 Å². The number of ketones is 1. The second kappa shape index (κ2) is 5.70. The molecule has 3 rings (SSSR count). The molecule has 1 aliphatic heterocycles. The smallest absolute Gasteiger partial charge is 0.315 e. The molecule has 0 atom stereocenters. The average Bonchev–Trinajstić information content (AvgIpc) is 2.84. The first kappa shape index (κ1) is 16.1.